The summed E-state index contributed by atoms with van der Waals surface area (Å²) in [6, 6.07) is 0. The van der Waals surface area contributed by atoms with Crippen molar-refractivity contribution in [3.8, 4) is 11.5 Å². The first-order chi connectivity index (χ1) is 10.6. The molecule has 0 aromatic heterocycles. The molecule has 23 heavy (non-hydrogen) atoms. The van der Waals surface area contributed by atoms with Crippen molar-refractivity contribution in [2.45, 2.75) is 44.1 Å². The monoisotopic (exact) mass is 456 g/mol. The Labute approximate surface area is 151 Å². The van der Waals surface area contributed by atoms with Crippen LogP contribution in [0, 0.1) is 0 Å². The number of phenols is 2. The van der Waals surface area contributed by atoms with Crippen molar-refractivity contribution in [2.24, 2.45) is 0 Å². The largest absolute Gasteiger partial charge is 0.506 e. The zero-order valence-electron chi connectivity index (χ0n) is 12.7. The molecular weight excluding hydrogens is 436 g/mol. The van der Waals surface area contributed by atoms with Crippen LogP contribution in [0.5, 0.6) is 11.5 Å². The molecule has 0 unspecified atom stereocenters. The van der Waals surface area contributed by atoms with Gasteiger partial charge in [0, 0.05) is 0 Å². The maximum Gasteiger partial charge on any atom is 0.256 e. The second-order valence-electron chi connectivity index (χ2n) is 5.33. The molecule has 1 saturated carbocycles. The predicted octanol–water partition coefficient (Wildman–Crippen LogP) is 1.83. The number of anilines is 1. The van der Waals surface area contributed by atoms with Gasteiger partial charge in [0.15, 0.2) is 0 Å². The quantitative estimate of drug-likeness (QED) is 0.265. The number of halogens is 2. The minimum absolute atomic E-state index is 0.0359. The molecule has 0 spiro atoms. The Balaban J connectivity index is 0.000000313. The zero-order valence-corrected chi connectivity index (χ0v) is 15.9. The molecule has 0 atom stereocenters. The Morgan fingerprint density at radius 3 is 1.96 bits per heavy atom. The molecule has 1 aliphatic rings. The van der Waals surface area contributed by atoms with Crippen molar-refractivity contribution in [2.75, 3.05) is 12.8 Å². The number of nitrogen functional groups attached to an aromatic ring is 1. The number of aliphatic hydroxyl groups excluding tert-OH is 1. The Morgan fingerprint density at radius 2 is 1.57 bits per heavy atom. The standard InChI is InChI=1S/C8H10Br2N2O4.C6H12O/c1-12-8(15,16)2-5(11)3(9)7(14)4(10)6(2)13;7-6-4-2-1-3-5-6/h12-16H,11H2,1H3;6-7H,1-5H2. The molecule has 2 rings (SSSR count). The number of aliphatic hydroxyl groups is 3. The lowest BCUT2D eigenvalue weighted by Gasteiger charge is -2.25. The Bertz CT molecular complexity index is 519. The van der Waals surface area contributed by atoms with Gasteiger partial charge in [-0.2, -0.15) is 0 Å². The molecule has 0 radical (unpaired) electrons. The number of rotatable bonds is 2. The first kappa shape index (κ1) is 20.5. The Kier molecular flexibility index (Phi) is 7.56. The SMILES string of the molecule is CNC(O)(O)c1c(N)c(Br)c(O)c(Br)c1O.OC1CCCCC1. The van der Waals surface area contributed by atoms with Gasteiger partial charge in [0.1, 0.15) is 16.0 Å². The third-order valence-electron chi connectivity index (χ3n) is 3.64. The minimum Gasteiger partial charge on any atom is -0.506 e. The van der Waals surface area contributed by atoms with Crippen LogP contribution in [-0.4, -0.2) is 38.7 Å². The molecule has 1 aromatic rings. The lowest BCUT2D eigenvalue weighted by Crippen LogP contribution is -2.40. The summed E-state index contributed by atoms with van der Waals surface area (Å²) in [6.45, 7) is 0. The van der Waals surface area contributed by atoms with Gasteiger partial charge in [0.25, 0.3) is 5.91 Å². The van der Waals surface area contributed by atoms with Crippen LogP contribution in [0.25, 0.3) is 0 Å². The highest BCUT2D eigenvalue weighted by Crippen LogP contribution is 2.48. The van der Waals surface area contributed by atoms with Gasteiger partial charge in [-0.05, 0) is 51.7 Å². The lowest BCUT2D eigenvalue weighted by atomic mass is 9.98. The highest BCUT2D eigenvalue weighted by Gasteiger charge is 2.34. The number of hydrogen-bond acceptors (Lipinski definition) is 7. The lowest BCUT2D eigenvalue weighted by molar-refractivity contribution is -0.190. The van der Waals surface area contributed by atoms with Crippen molar-refractivity contribution in [3.63, 3.8) is 0 Å². The van der Waals surface area contributed by atoms with Crippen molar-refractivity contribution >= 4 is 37.5 Å². The zero-order chi connectivity index (χ0) is 17.8. The summed E-state index contributed by atoms with van der Waals surface area (Å²) < 4.78 is -0.0406. The van der Waals surface area contributed by atoms with E-state index in [-0.39, 0.29) is 32.0 Å². The molecular formula is C14H22Br2N2O5. The van der Waals surface area contributed by atoms with Gasteiger partial charge in [-0.15, -0.1) is 0 Å². The topological polar surface area (TPSA) is 139 Å². The summed E-state index contributed by atoms with van der Waals surface area (Å²) >= 11 is 5.87. The van der Waals surface area contributed by atoms with Gasteiger partial charge in [0.05, 0.1) is 21.8 Å². The molecule has 132 valence electrons. The van der Waals surface area contributed by atoms with E-state index in [1.165, 1.54) is 26.3 Å². The fourth-order valence-corrected chi connectivity index (χ4v) is 3.30. The average molecular weight is 458 g/mol. The fourth-order valence-electron chi connectivity index (χ4n) is 2.24. The van der Waals surface area contributed by atoms with E-state index in [1.807, 2.05) is 0 Å². The van der Waals surface area contributed by atoms with Crippen LogP contribution in [0.3, 0.4) is 0 Å². The second kappa shape index (κ2) is 8.50. The van der Waals surface area contributed by atoms with E-state index in [2.05, 4.69) is 37.2 Å². The number of aromatic hydroxyl groups is 2. The van der Waals surface area contributed by atoms with Gasteiger partial charge in [-0.1, -0.05) is 19.3 Å². The second-order valence-corrected chi connectivity index (χ2v) is 6.91. The van der Waals surface area contributed by atoms with Crippen LogP contribution in [0.4, 0.5) is 5.69 Å². The van der Waals surface area contributed by atoms with Gasteiger partial charge in [0.2, 0.25) is 0 Å². The summed E-state index contributed by atoms with van der Waals surface area (Å²) in [5.41, 5.74) is 5.03. The molecule has 8 N–H and O–H groups in total. The summed E-state index contributed by atoms with van der Waals surface area (Å²) in [5, 5.41) is 49.4. The molecule has 0 bridgehead atoms. The molecule has 1 aromatic carbocycles. The normalized spacial score (nSPS) is 15.9. The summed E-state index contributed by atoms with van der Waals surface area (Å²) in [4.78, 5) is 0. The van der Waals surface area contributed by atoms with E-state index < -0.39 is 11.7 Å². The molecule has 9 heteroatoms. The van der Waals surface area contributed by atoms with Crippen LogP contribution < -0.4 is 11.1 Å². The molecule has 1 aliphatic carbocycles. The first-order valence-corrected chi connectivity index (χ1v) is 8.72. The number of nitrogens with one attached hydrogen (secondary N) is 1. The van der Waals surface area contributed by atoms with E-state index in [0.29, 0.717) is 0 Å². The van der Waals surface area contributed by atoms with E-state index in [9.17, 15) is 20.4 Å². The number of nitrogens with two attached hydrogens (primary N) is 1. The van der Waals surface area contributed by atoms with Crippen molar-refractivity contribution < 1.29 is 25.5 Å². The number of benzene rings is 1. The highest BCUT2D eigenvalue weighted by atomic mass is 79.9. The smallest absolute Gasteiger partial charge is 0.256 e. The molecule has 0 saturated heterocycles. The third-order valence-corrected chi connectivity index (χ3v) is 5.19. The summed E-state index contributed by atoms with van der Waals surface area (Å²) in [6.07, 6.45) is 5.92. The third kappa shape index (κ3) is 4.94. The van der Waals surface area contributed by atoms with Crippen molar-refractivity contribution in [1.82, 2.24) is 5.32 Å². The van der Waals surface area contributed by atoms with Crippen LogP contribution in [0.2, 0.25) is 0 Å². The van der Waals surface area contributed by atoms with Crippen LogP contribution in [0.1, 0.15) is 37.7 Å². The van der Waals surface area contributed by atoms with Crippen molar-refractivity contribution in [1.29, 1.82) is 0 Å². The first-order valence-electron chi connectivity index (χ1n) is 7.14. The van der Waals surface area contributed by atoms with E-state index in [0.717, 1.165) is 12.8 Å². The Hall–Kier alpha value is -0.580. The molecule has 0 heterocycles. The van der Waals surface area contributed by atoms with E-state index in [4.69, 9.17) is 10.8 Å². The summed E-state index contributed by atoms with van der Waals surface area (Å²) in [7, 11) is 1.27. The number of phenolic OH excluding ortho intramolecular Hbond substituents is 2. The van der Waals surface area contributed by atoms with Gasteiger partial charge < -0.3 is 31.3 Å². The van der Waals surface area contributed by atoms with Crippen LogP contribution in [-0.2, 0) is 5.91 Å². The van der Waals surface area contributed by atoms with Crippen LogP contribution in [0.15, 0.2) is 8.95 Å². The predicted molar refractivity (Wildman–Crippen MR) is 93.9 cm³/mol. The number of hydrogen-bond donors (Lipinski definition) is 7. The Morgan fingerprint density at radius 1 is 1.04 bits per heavy atom. The molecule has 0 amide bonds. The van der Waals surface area contributed by atoms with Crippen molar-refractivity contribution in [3.05, 3.63) is 14.5 Å². The summed E-state index contributed by atoms with van der Waals surface area (Å²) in [5.74, 6) is -3.39. The van der Waals surface area contributed by atoms with Crippen LogP contribution >= 0.6 is 31.9 Å². The molecule has 7 nitrogen and oxygen atoms in total. The maximum atomic E-state index is 9.68. The molecule has 0 aliphatic heterocycles. The average Bonchev–Trinajstić information content (AvgIpc) is 2.52. The van der Waals surface area contributed by atoms with Gasteiger partial charge >= 0.3 is 0 Å². The molecule has 1 fully saturated rings. The fraction of sp³-hybridized carbons (Fsp3) is 0.571. The van der Waals surface area contributed by atoms with Gasteiger partial charge in [-0.3, -0.25) is 5.32 Å². The van der Waals surface area contributed by atoms with Gasteiger partial charge in [-0.25, -0.2) is 0 Å². The van der Waals surface area contributed by atoms with E-state index in [1.54, 1.807) is 0 Å². The highest BCUT2D eigenvalue weighted by molar-refractivity contribution is 9.11. The minimum atomic E-state index is -2.51. The van der Waals surface area contributed by atoms with E-state index >= 15 is 0 Å². The maximum absolute atomic E-state index is 9.68.